The van der Waals surface area contributed by atoms with Crippen molar-refractivity contribution in [1.29, 1.82) is 0 Å². The Morgan fingerprint density at radius 3 is 2.52 bits per heavy atom. The molecule has 0 saturated heterocycles. The molecule has 2 aromatic carbocycles. The van der Waals surface area contributed by atoms with Crippen LogP contribution in [0.3, 0.4) is 0 Å². The average Bonchev–Trinajstić information content (AvgIpc) is 2.62. The Bertz CT molecular complexity index is 1020. The Hall–Kier alpha value is -3.10. The highest BCUT2D eigenvalue weighted by molar-refractivity contribution is 7.99. The zero-order valence-corrected chi connectivity index (χ0v) is 15.2. The van der Waals surface area contributed by atoms with Gasteiger partial charge < -0.3 is 15.5 Å². The van der Waals surface area contributed by atoms with Gasteiger partial charge in [-0.3, -0.25) is 10.5 Å². The van der Waals surface area contributed by atoms with E-state index in [1.165, 1.54) is 6.20 Å². The van der Waals surface area contributed by atoms with Crippen LogP contribution in [0.4, 0.5) is 0 Å². The van der Waals surface area contributed by atoms with Crippen molar-refractivity contribution in [2.45, 2.75) is 22.4 Å². The molecule has 0 radical (unpaired) electrons. The first-order chi connectivity index (χ1) is 12.8. The summed E-state index contributed by atoms with van der Waals surface area (Å²) < 4.78 is 0. The van der Waals surface area contributed by atoms with Gasteiger partial charge in [0.05, 0.1) is 0 Å². The van der Waals surface area contributed by atoms with Gasteiger partial charge in [-0.05, 0) is 37.3 Å². The van der Waals surface area contributed by atoms with Crippen molar-refractivity contribution in [3.8, 4) is 5.75 Å². The minimum absolute atomic E-state index is 0.288. The first-order valence-corrected chi connectivity index (χ1v) is 8.79. The van der Waals surface area contributed by atoms with Crippen LogP contribution < -0.4 is 11.1 Å². The summed E-state index contributed by atoms with van der Waals surface area (Å²) >= 11 is 1.56. The Morgan fingerprint density at radius 1 is 1.15 bits per heavy atom. The average molecular weight is 383 g/mol. The molecule has 0 fully saturated rings. The molecule has 1 heterocycles. The molecule has 1 amide bonds. The summed E-state index contributed by atoms with van der Waals surface area (Å²) in [7, 11) is 0. The number of hydrogen-bond acceptors (Lipinski definition) is 6. The lowest BCUT2D eigenvalue weighted by Crippen LogP contribution is -2.59. The maximum absolute atomic E-state index is 12.3. The van der Waals surface area contributed by atoms with Gasteiger partial charge in [0.2, 0.25) is 0 Å². The van der Waals surface area contributed by atoms with Crippen molar-refractivity contribution in [2.75, 3.05) is 0 Å². The molecule has 5 N–H and O–H groups in total. The summed E-state index contributed by atoms with van der Waals surface area (Å²) in [5.74, 6) is -2.61. The number of nitrogens with two attached hydrogens (primary N) is 1. The van der Waals surface area contributed by atoms with Crippen LogP contribution in [-0.2, 0) is 4.79 Å². The molecule has 3 aromatic rings. The zero-order chi connectivity index (χ0) is 19.6. The van der Waals surface area contributed by atoms with Crippen molar-refractivity contribution < 1.29 is 19.8 Å². The van der Waals surface area contributed by atoms with Crippen LogP contribution in [0.1, 0.15) is 17.4 Å². The highest BCUT2D eigenvalue weighted by Gasteiger charge is 2.31. The Labute approximate surface area is 159 Å². The van der Waals surface area contributed by atoms with Crippen LogP contribution >= 0.6 is 11.8 Å². The number of amides is 1. The third kappa shape index (κ3) is 4.02. The van der Waals surface area contributed by atoms with Crippen LogP contribution in [0.25, 0.3) is 10.8 Å². The maximum atomic E-state index is 12.3. The van der Waals surface area contributed by atoms with Crippen LogP contribution in [0.5, 0.6) is 5.75 Å². The number of carbonyl (C=O) groups excluding carboxylic acids is 1. The van der Waals surface area contributed by atoms with Crippen molar-refractivity contribution >= 4 is 34.4 Å². The van der Waals surface area contributed by atoms with Gasteiger partial charge in [0.15, 0.2) is 17.1 Å². The predicted molar refractivity (Wildman–Crippen MR) is 102 cm³/mol. The number of hydrogen-bond donors (Lipinski definition) is 4. The summed E-state index contributed by atoms with van der Waals surface area (Å²) in [6.45, 7) is 1.14. The fourth-order valence-electron chi connectivity index (χ4n) is 2.39. The van der Waals surface area contributed by atoms with E-state index in [2.05, 4.69) is 10.3 Å². The number of aromatic nitrogens is 1. The Morgan fingerprint density at radius 2 is 1.85 bits per heavy atom. The number of fused-ring (bicyclic) bond motifs is 1. The van der Waals surface area contributed by atoms with E-state index in [-0.39, 0.29) is 11.4 Å². The molecule has 3 rings (SSSR count). The highest BCUT2D eigenvalue weighted by Crippen LogP contribution is 2.33. The Kier molecular flexibility index (Phi) is 5.02. The summed E-state index contributed by atoms with van der Waals surface area (Å²) in [6, 6.07) is 15.2. The van der Waals surface area contributed by atoms with Crippen LogP contribution in [0.15, 0.2) is 64.5 Å². The largest absolute Gasteiger partial charge is 0.505 e. The van der Waals surface area contributed by atoms with Crippen LogP contribution in [-0.4, -0.2) is 32.7 Å². The van der Waals surface area contributed by atoms with E-state index in [1.807, 2.05) is 42.5 Å². The molecule has 0 saturated carbocycles. The lowest BCUT2D eigenvalue weighted by molar-refractivity contribution is -0.143. The number of aliphatic carboxylic acids is 1. The summed E-state index contributed by atoms with van der Waals surface area (Å²) in [5.41, 5.74) is 3.25. The van der Waals surface area contributed by atoms with E-state index in [4.69, 9.17) is 10.8 Å². The maximum Gasteiger partial charge on any atom is 0.344 e. The summed E-state index contributed by atoms with van der Waals surface area (Å²) in [4.78, 5) is 29.3. The second-order valence-electron chi connectivity index (χ2n) is 6.08. The number of benzene rings is 2. The molecule has 0 spiro atoms. The molecular formula is C19H17N3O4S. The first kappa shape index (κ1) is 18.7. The molecule has 7 nitrogen and oxygen atoms in total. The van der Waals surface area contributed by atoms with Gasteiger partial charge in [0.1, 0.15) is 0 Å². The van der Waals surface area contributed by atoms with Gasteiger partial charge >= 0.3 is 5.97 Å². The van der Waals surface area contributed by atoms with E-state index >= 15 is 0 Å². The topological polar surface area (TPSA) is 126 Å². The second kappa shape index (κ2) is 7.26. The quantitative estimate of drug-likeness (QED) is 0.499. The minimum atomic E-state index is -1.98. The van der Waals surface area contributed by atoms with E-state index < -0.39 is 17.5 Å². The number of carboxylic acid groups (broad SMARTS) is 1. The van der Waals surface area contributed by atoms with Gasteiger partial charge in [0, 0.05) is 26.8 Å². The number of pyridine rings is 1. The summed E-state index contributed by atoms with van der Waals surface area (Å²) in [6.07, 6.45) is 1.45. The summed E-state index contributed by atoms with van der Waals surface area (Å²) in [5, 5.41) is 22.6. The number of nitrogens with zero attached hydrogens (tertiary/aromatic N) is 1. The molecule has 0 unspecified atom stereocenters. The fourth-order valence-corrected chi connectivity index (χ4v) is 3.28. The van der Waals surface area contributed by atoms with E-state index in [0.29, 0.717) is 10.8 Å². The number of carboxylic acids is 1. The fraction of sp³-hybridized carbons (Fsp3) is 0.105. The first-order valence-electron chi connectivity index (χ1n) is 7.97. The molecule has 27 heavy (non-hydrogen) atoms. The number of nitrogens with one attached hydrogen (secondary N) is 1. The van der Waals surface area contributed by atoms with Gasteiger partial charge in [-0.2, -0.15) is 0 Å². The molecule has 0 aliphatic heterocycles. The predicted octanol–water partition coefficient (Wildman–Crippen LogP) is 2.58. The molecule has 0 aliphatic rings. The zero-order valence-electron chi connectivity index (χ0n) is 14.3. The SMILES string of the molecule is C[C@](N)(NC(=O)c1ncc2cc(Sc3ccccc3)ccc2c1O)C(=O)O. The number of aromatic hydroxyl groups is 1. The van der Waals surface area contributed by atoms with Gasteiger partial charge in [-0.25, -0.2) is 9.78 Å². The monoisotopic (exact) mass is 383 g/mol. The number of carbonyl (C=O) groups is 2. The van der Waals surface area contributed by atoms with Crippen molar-refractivity contribution in [3.63, 3.8) is 0 Å². The van der Waals surface area contributed by atoms with Gasteiger partial charge in [-0.15, -0.1) is 0 Å². The smallest absolute Gasteiger partial charge is 0.344 e. The van der Waals surface area contributed by atoms with Crippen LogP contribution in [0.2, 0.25) is 0 Å². The highest BCUT2D eigenvalue weighted by atomic mass is 32.2. The van der Waals surface area contributed by atoms with Crippen molar-refractivity contribution in [1.82, 2.24) is 10.3 Å². The van der Waals surface area contributed by atoms with Gasteiger partial charge in [-0.1, -0.05) is 30.0 Å². The minimum Gasteiger partial charge on any atom is -0.505 e. The normalized spacial score (nSPS) is 13.1. The van der Waals surface area contributed by atoms with E-state index in [0.717, 1.165) is 16.7 Å². The lowest BCUT2D eigenvalue weighted by Gasteiger charge is -2.20. The molecule has 138 valence electrons. The van der Waals surface area contributed by atoms with E-state index in [9.17, 15) is 14.7 Å². The Balaban J connectivity index is 1.90. The van der Waals surface area contributed by atoms with Crippen LogP contribution in [0, 0.1) is 0 Å². The molecule has 1 atom stereocenters. The van der Waals surface area contributed by atoms with Crippen molar-refractivity contribution in [3.05, 3.63) is 60.4 Å². The van der Waals surface area contributed by atoms with Crippen molar-refractivity contribution in [2.24, 2.45) is 5.73 Å². The third-order valence-electron chi connectivity index (χ3n) is 3.85. The molecule has 0 bridgehead atoms. The molecule has 1 aromatic heterocycles. The standard InChI is InChI=1S/C19H17N3O4S/c1-19(20,18(25)26)22-17(24)15-16(23)14-8-7-13(9-11(14)10-21-15)27-12-5-3-2-4-6-12/h2-10,23H,20H2,1H3,(H,22,24)(H,25,26)/t19-/m0/s1. The molecule has 8 heteroatoms. The second-order valence-corrected chi connectivity index (χ2v) is 7.23. The molecular weight excluding hydrogens is 366 g/mol. The third-order valence-corrected chi connectivity index (χ3v) is 4.84. The number of rotatable bonds is 5. The molecule has 0 aliphatic carbocycles. The van der Waals surface area contributed by atoms with Gasteiger partial charge in [0.25, 0.3) is 5.91 Å². The van der Waals surface area contributed by atoms with E-state index in [1.54, 1.807) is 17.8 Å². The lowest BCUT2D eigenvalue weighted by atomic mass is 10.1.